The average molecular weight is 448 g/mol. The maximum Gasteiger partial charge on any atom is 0.422 e. The number of aromatic nitrogens is 1. The van der Waals surface area contributed by atoms with Crippen LogP contribution in [0.1, 0.15) is 12.5 Å². The SMILES string of the molecule is COCC(C)NC(N)=NCc1ccc(OCC(F)(F)F)nc1.I. The first-order valence-corrected chi connectivity index (χ1v) is 6.50. The van der Waals surface area contributed by atoms with Gasteiger partial charge < -0.3 is 20.5 Å². The van der Waals surface area contributed by atoms with Crippen molar-refractivity contribution >= 4 is 29.9 Å². The molecule has 6 nitrogen and oxygen atoms in total. The van der Waals surface area contributed by atoms with Gasteiger partial charge in [-0.1, -0.05) is 6.07 Å². The Kier molecular flexibility index (Phi) is 9.88. The molecule has 0 saturated carbocycles. The van der Waals surface area contributed by atoms with E-state index in [2.05, 4.69) is 20.0 Å². The molecule has 0 bridgehead atoms. The van der Waals surface area contributed by atoms with Gasteiger partial charge in [0.1, 0.15) is 0 Å². The summed E-state index contributed by atoms with van der Waals surface area (Å²) >= 11 is 0. The lowest BCUT2D eigenvalue weighted by atomic mass is 10.3. The molecule has 0 saturated heterocycles. The highest BCUT2D eigenvalue weighted by molar-refractivity contribution is 14.0. The van der Waals surface area contributed by atoms with Crippen LogP contribution >= 0.6 is 24.0 Å². The molecule has 0 aliphatic carbocycles. The minimum Gasteiger partial charge on any atom is -0.468 e. The Labute approximate surface area is 149 Å². The van der Waals surface area contributed by atoms with Crippen molar-refractivity contribution in [2.45, 2.75) is 25.7 Å². The first-order chi connectivity index (χ1) is 10.3. The van der Waals surface area contributed by atoms with Crippen LogP contribution in [-0.4, -0.2) is 43.5 Å². The van der Waals surface area contributed by atoms with E-state index in [0.717, 1.165) is 0 Å². The van der Waals surface area contributed by atoms with Gasteiger partial charge in [0.15, 0.2) is 12.6 Å². The summed E-state index contributed by atoms with van der Waals surface area (Å²) in [5, 5.41) is 2.93. The van der Waals surface area contributed by atoms with Crippen molar-refractivity contribution in [1.82, 2.24) is 10.3 Å². The number of ether oxygens (including phenoxy) is 2. The van der Waals surface area contributed by atoms with E-state index >= 15 is 0 Å². The van der Waals surface area contributed by atoms with E-state index in [1.54, 1.807) is 13.2 Å². The van der Waals surface area contributed by atoms with Gasteiger partial charge in [-0.15, -0.1) is 24.0 Å². The summed E-state index contributed by atoms with van der Waals surface area (Å²) in [5.74, 6) is 0.159. The Morgan fingerprint density at radius 3 is 2.65 bits per heavy atom. The number of nitrogens with two attached hydrogens (primary N) is 1. The fraction of sp³-hybridized carbons (Fsp3) is 0.538. The van der Waals surface area contributed by atoms with E-state index < -0.39 is 12.8 Å². The third-order valence-electron chi connectivity index (χ3n) is 2.42. The summed E-state index contributed by atoms with van der Waals surface area (Å²) in [7, 11) is 1.58. The average Bonchev–Trinajstić information content (AvgIpc) is 2.43. The second kappa shape index (κ2) is 10.5. The first kappa shape index (κ1) is 21.7. The molecule has 23 heavy (non-hydrogen) atoms. The quantitative estimate of drug-likeness (QED) is 0.380. The number of hydrogen-bond donors (Lipinski definition) is 2. The molecule has 0 spiro atoms. The number of aliphatic imine (C=N–C) groups is 1. The number of rotatable bonds is 7. The van der Waals surface area contributed by atoms with Gasteiger partial charge >= 0.3 is 6.18 Å². The molecule has 0 aliphatic heterocycles. The van der Waals surface area contributed by atoms with Crippen LogP contribution in [0.4, 0.5) is 13.2 Å². The Bertz CT molecular complexity index is 483. The molecule has 1 unspecified atom stereocenters. The Hall–Kier alpha value is -1.30. The zero-order valence-corrected chi connectivity index (χ0v) is 15.1. The third-order valence-corrected chi connectivity index (χ3v) is 2.42. The Morgan fingerprint density at radius 1 is 1.43 bits per heavy atom. The monoisotopic (exact) mass is 448 g/mol. The van der Waals surface area contributed by atoms with Gasteiger partial charge in [0.05, 0.1) is 13.2 Å². The predicted molar refractivity (Wildman–Crippen MR) is 91.0 cm³/mol. The summed E-state index contributed by atoms with van der Waals surface area (Å²) in [6.07, 6.45) is -3.00. The molecule has 1 aromatic rings. The lowest BCUT2D eigenvalue weighted by molar-refractivity contribution is -0.154. The van der Waals surface area contributed by atoms with Gasteiger partial charge in [-0.2, -0.15) is 13.2 Å². The molecule has 1 heterocycles. The predicted octanol–water partition coefficient (Wildman–Crippen LogP) is 2.08. The van der Waals surface area contributed by atoms with Crippen LogP contribution in [0.5, 0.6) is 5.88 Å². The second-order valence-electron chi connectivity index (χ2n) is 4.61. The number of halogens is 4. The van der Waals surface area contributed by atoms with Gasteiger partial charge in [0.25, 0.3) is 0 Å². The number of alkyl halides is 3. The smallest absolute Gasteiger partial charge is 0.422 e. The van der Waals surface area contributed by atoms with Crippen LogP contribution in [0.25, 0.3) is 0 Å². The normalized spacial score (nSPS) is 13.2. The third kappa shape index (κ3) is 10.2. The summed E-state index contributed by atoms with van der Waals surface area (Å²) in [6.45, 7) is 1.26. The molecular weight excluding hydrogens is 428 g/mol. The second-order valence-corrected chi connectivity index (χ2v) is 4.61. The van der Waals surface area contributed by atoms with Crippen molar-refractivity contribution in [1.29, 1.82) is 0 Å². The molecule has 10 heteroatoms. The first-order valence-electron chi connectivity index (χ1n) is 6.50. The summed E-state index contributed by atoms with van der Waals surface area (Å²) < 4.78 is 45.4. The number of guanidine groups is 1. The molecular formula is C13H20F3IN4O2. The number of pyridine rings is 1. The van der Waals surface area contributed by atoms with E-state index in [9.17, 15) is 13.2 Å². The van der Waals surface area contributed by atoms with E-state index in [0.29, 0.717) is 12.2 Å². The largest absolute Gasteiger partial charge is 0.468 e. The molecule has 132 valence electrons. The summed E-state index contributed by atoms with van der Waals surface area (Å²) in [6, 6.07) is 2.95. The molecule has 1 atom stereocenters. The number of nitrogens with one attached hydrogen (secondary N) is 1. The molecule has 0 radical (unpaired) electrons. The van der Waals surface area contributed by atoms with Crippen LogP contribution in [0.3, 0.4) is 0 Å². The molecule has 0 amide bonds. The van der Waals surface area contributed by atoms with Crippen molar-refractivity contribution in [3.8, 4) is 5.88 Å². The van der Waals surface area contributed by atoms with Gasteiger partial charge in [-0.05, 0) is 12.5 Å². The summed E-state index contributed by atoms with van der Waals surface area (Å²) in [5.41, 5.74) is 6.39. The number of hydrogen-bond acceptors (Lipinski definition) is 4. The zero-order valence-electron chi connectivity index (χ0n) is 12.8. The highest BCUT2D eigenvalue weighted by Gasteiger charge is 2.28. The van der Waals surface area contributed by atoms with E-state index in [1.165, 1.54) is 12.3 Å². The number of nitrogens with zero attached hydrogens (tertiary/aromatic N) is 2. The van der Waals surface area contributed by atoms with Gasteiger partial charge in [0, 0.05) is 25.4 Å². The Balaban J connectivity index is 0.00000484. The molecule has 1 rings (SSSR count). The molecule has 0 fully saturated rings. The maximum absolute atomic E-state index is 12.0. The van der Waals surface area contributed by atoms with Crippen LogP contribution < -0.4 is 15.8 Å². The fourth-order valence-electron chi connectivity index (χ4n) is 1.51. The minimum atomic E-state index is -4.39. The molecule has 1 aromatic heterocycles. The van der Waals surface area contributed by atoms with E-state index in [1.807, 2.05) is 6.92 Å². The lowest BCUT2D eigenvalue weighted by Crippen LogP contribution is -2.40. The lowest BCUT2D eigenvalue weighted by Gasteiger charge is -2.13. The van der Waals surface area contributed by atoms with Crippen LogP contribution in [0.2, 0.25) is 0 Å². The highest BCUT2D eigenvalue weighted by atomic mass is 127. The molecule has 3 N–H and O–H groups in total. The minimum absolute atomic E-state index is 0. The van der Waals surface area contributed by atoms with Crippen LogP contribution in [0.15, 0.2) is 23.3 Å². The highest BCUT2D eigenvalue weighted by Crippen LogP contribution is 2.17. The van der Waals surface area contributed by atoms with Crippen LogP contribution in [0, 0.1) is 0 Å². The zero-order chi connectivity index (χ0) is 16.6. The van der Waals surface area contributed by atoms with Crippen molar-refractivity contribution in [3.05, 3.63) is 23.9 Å². The van der Waals surface area contributed by atoms with Gasteiger partial charge in [-0.25, -0.2) is 9.98 Å². The van der Waals surface area contributed by atoms with Crippen molar-refractivity contribution in [2.75, 3.05) is 20.3 Å². The standard InChI is InChI=1S/C13H19F3N4O2.HI/c1-9(7-21-2)20-12(17)19-6-10-3-4-11(18-5-10)22-8-13(14,15)16;/h3-5,9H,6-8H2,1-2H3,(H3,17,19,20);1H. The summed E-state index contributed by atoms with van der Waals surface area (Å²) in [4.78, 5) is 7.88. The fourth-order valence-corrected chi connectivity index (χ4v) is 1.51. The molecule has 0 aromatic carbocycles. The molecule has 0 aliphatic rings. The number of methoxy groups -OCH3 is 1. The van der Waals surface area contributed by atoms with Crippen molar-refractivity contribution in [3.63, 3.8) is 0 Å². The Morgan fingerprint density at radius 2 is 2.13 bits per heavy atom. The van der Waals surface area contributed by atoms with Crippen molar-refractivity contribution < 1.29 is 22.6 Å². The van der Waals surface area contributed by atoms with Crippen molar-refractivity contribution in [2.24, 2.45) is 10.7 Å². The topological polar surface area (TPSA) is 81.8 Å². The van der Waals surface area contributed by atoms with Crippen LogP contribution in [-0.2, 0) is 11.3 Å². The van der Waals surface area contributed by atoms with E-state index in [-0.39, 0.29) is 48.4 Å². The van der Waals surface area contributed by atoms with Gasteiger partial charge in [-0.3, -0.25) is 0 Å². The van der Waals surface area contributed by atoms with Gasteiger partial charge in [0.2, 0.25) is 5.88 Å². The maximum atomic E-state index is 12.0. The van der Waals surface area contributed by atoms with E-state index in [4.69, 9.17) is 10.5 Å².